The lowest BCUT2D eigenvalue weighted by Crippen LogP contribution is -2.24. The summed E-state index contributed by atoms with van der Waals surface area (Å²) >= 11 is 2.00. The molecule has 1 aromatic rings. The van der Waals surface area contributed by atoms with Gasteiger partial charge in [-0.15, -0.1) is 11.8 Å². The average Bonchev–Trinajstić information content (AvgIpc) is 3.09. The molecule has 0 radical (unpaired) electrons. The molecule has 94 valence electrons. The Morgan fingerprint density at radius 3 is 2.76 bits per heavy atom. The van der Waals surface area contributed by atoms with Crippen LogP contribution in [-0.2, 0) is 0 Å². The number of hydrogen-bond acceptors (Lipinski definition) is 2. The van der Waals surface area contributed by atoms with Crippen molar-refractivity contribution in [1.29, 1.82) is 0 Å². The van der Waals surface area contributed by atoms with Crippen LogP contribution >= 0.6 is 11.8 Å². The SMILES string of the molecule is Cc1ccc(SCC(C)CNC2CC2)c(C)c1. The van der Waals surface area contributed by atoms with Gasteiger partial charge in [0.25, 0.3) is 0 Å². The van der Waals surface area contributed by atoms with Crippen molar-refractivity contribution in [2.75, 3.05) is 12.3 Å². The fraction of sp³-hybridized carbons (Fsp3) is 0.600. The number of benzene rings is 1. The fourth-order valence-corrected chi connectivity index (χ4v) is 2.94. The van der Waals surface area contributed by atoms with E-state index in [0.717, 1.165) is 12.0 Å². The van der Waals surface area contributed by atoms with Crippen molar-refractivity contribution < 1.29 is 0 Å². The first kappa shape index (κ1) is 13.0. The van der Waals surface area contributed by atoms with Crippen LogP contribution in [0.3, 0.4) is 0 Å². The van der Waals surface area contributed by atoms with Crippen LogP contribution in [0.1, 0.15) is 30.9 Å². The fourth-order valence-electron chi connectivity index (χ4n) is 1.91. The van der Waals surface area contributed by atoms with Gasteiger partial charge in [0.15, 0.2) is 0 Å². The van der Waals surface area contributed by atoms with Crippen LogP contribution in [0.25, 0.3) is 0 Å². The van der Waals surface area contributed by atoms with E-state index in [0.29, 0.717) is 0 Å². The molecule has 2 rings (SSSR count). The van der Waals surface area contributed by atoms with Gasteiger partial charge >= 0.3 is 0 Å². The lowest BCUT2D eigenvalue weighted by molar-refractivity contribution is 0.556. The van der Waals surface area contributed by atoms with E-state index >= 15 is 0 Å². The maximum Gasteiger partial charge on any atom is 0.0101 e. The van der Waals surface area contributed by atoms with Crippen LogP contribution < -0.4 is 5.32 Å². The molecule has 2 heteroatoms. The Morgan fingerprint density at radius 2 is 2.12 bits per heavy atom. The summed E-state index contributed by atoms with van der Waals surface area (Å²) in [5.41, 5.74) is 2.77. The van der Waals surface area contributed by atoms with Crippen LogP contribution in [0.2, 0.25) is 0 Å². The van der Waals surface area contributed by atoms with Gasteiger partial charge in [-0.25, -0.2) is 0 Å². The van der Waals surface area contributed by atoms with Crippen molar-refractivity contribution in [3.8, 4) is 0 Å². The van der Waals surface area contributed by atoms with Gasteiger partial charge in [0.1, 0.15) is 0 Å². The molecule has 0 aliphatic heterocycles. The van der Waals surface area contributed by atoms with Crippen molar-refractivity contribution in [1.82, 2.24) is 5.32 Å². The van der Waals surface area contributed by atoms with E-state index in [1.54, 1.807) is 0 Å². The molecule has 0 amide bonds. The second-order valence-electron chi connectivity index (χ2n) is 5.37. The Balaban J connectivity index is 1.75. The number of nitrogens with one attached hydrogen (secondary N) is 1. The van der Waals surface area contributed by atoms with E-state index in [1.165, 1.54) is 41.2 Å². The van der Waals surface area contributed by atoms with Crippen LogP contribution in [0.5, 0.6) is 0 Å². The van der Waals surface area contributed by atoms with Gasteiger partial charge in [-0.1, -0.05) is 24.6 Å². The standard InChI is InChI=1S/C15H23NS/c1-11-4-7-15(13(3)8-11)17-10-12(2)9-16-14-5-6-14/h4,7-8,12,14,16H,5-6,9-10H2,1-3H3. The van der Waals surface area contributed by atoms with E-state index < -0.39 is 0 Å². The van der Waals surface area contributed by atoms with E-state index in [2.05, 4.69) is 44.3 Å². The first-order valence-electron chi connectivity index (χ1n) is 6.58. The third-order valence-corrected chi connectivity index (χ3v) is 4.69. The minimum Gasteiger partial charge on any atom is -0.314 e. The molecule has 17 heavy (non-hydrogen) atoms. The Bertz CT molecular complexity index is 371. The second kappa shape index (κ2) is 5.92. The minimum atomic E-state index is 0.751. The summed E-state index contributed by atoms with van der Waals surface area (Å²) in [7, 11) is 0. The third kappa shape index (κ3) is 4.36. The molecule has 1 unspecified atom stereocenters. The maximum atomic E-state index is 3.60. The average molecular weight is 249 g/mol. The first-order valence-corrected chi connectivity index (χ1v) is 7.57. The quantitative estimate of drug-likeness (QED) is 0.770. The van der Waals surface area contributed by atoms with Crippen molar-refractivity contribution in [3.63, 3.8) is 0 Å². The minimum absolute atomic E-state index is 0.751. The highest BCUT2D eigenvalue weighted by Gasteiger charge is 2.20. The summed E-state index contributed by atoms with van der Waals surface area (Å²) in [6, 6.07) is 7.58. The molecular formula is C15H23NS. The van der Waals surface area contributed by atoms with Gasteiger partial charge in [0.05, 0.1) is 0 Å². The Morgan fingerprint density at radius 1 is 1.35 bits per heavy atom. The topological polar surface area (TPSA) is 12.0 Å². The largest absolute Gasteiger partial charge is 0.314 e. The molecule has 1 fully saturated rings. The van der Waals surface area contributed by atoms with E-state index in [4.69, 9.17) is 0 Å². The zero-order valence-electron chi connectivity index (χ0n) is 11.1. The summed E-state index contributed by atoms with van der Waals surface area (Å²) in [4.78, 5) is 1.44. The number of thioether (sulfide) groups is 1. The molecule has 0 bridgehead atoms. The molecule has 0 spiro atoms. The first-order chi connectivity index (χ1) is 8.15. The van der Waals surface area contributed by atoms with Crippen molar-refractivity contribution in [2.24, 2.45) is 5.92 Å². The summed E-state index contributed by atoms with van der Waals surface area (Å²) < 4.78 is 0. The molecule has 1 aromatic carbocycles. The molecule has 1 atom stereocenters. The maximum absolute atomic E-state index is 3.60. The number of hydrogen-bond donors (Lipinski definition) is 1. The molecule has 1 saturated carbocycles. The molecule has 1 nitrogen and oxygen atoms in total. The number of rotatable bonds is 6. The lowest BCUT2D eigenvalue weighted by Gasteiger charge is -2.13. The zero-order valence-corrected chi connectivity index (χ0v) is 11.9. The highest BCUT2D eigenvalue weighted by Crippen LogP contribution is 2.25. The van der Waals surface area contributed by atoms with Gasteiger partial charge < -0.3 is 5.32 Å². The van der Waals surface area contributed by atoms with Crippen LogP contribution in [0.4, 0.5) is 0 Å². The molecule has 1 N–H and O–H groups in total. The monoisotopic (exact) mass is 249 g/mol. The van der Waals surface area contributed by atoms with Gasteiger partial charge in [-0.2, -0.15) is 0 Å². The highest BCUT2D eigenvalue weighted by molar-refractivity contribution is 7.99. The summed E-state index contributed by atoms with van der Waals surface area (Å²) in [6.45, 7) is 7.88. The predicted octanol–water partition coefficient (Wildman–Crippen LogP) is 3.78. The van der Waals surface area contributed by atoms with E-state index in [9.17, 15) is 0 Å². The second-order valence-corrected chi connectivity index (χ2v) is 6.43. The lowest BCUT2D eigenvalue weighted by atomic mass is 10.2. The zero-order chi connectivity index (χ0) is 12.3. The summed E-state index contributed by atoms with van der Waals surface area (Å²) in [6.07, 6.45) is 2.77. The molecular weight excluding hydrogens is 226 g/mol. The molecule has 1 aliphatic rings. The Kier molecular flexibility index (Phi) is 4.52. The molecule has 0 heterocycles. The Hall–Kier alpha value is -0.470. The molecule has 0 aromatic heterocycles. The van der Waals surface area contributed by atoms with E-state index in [-0.39, 0.29) is 0 Å². The van der Waals surface area contributed by atoms with Crippen LogP contribution in [0, 0.1) is 19.8 Å². The molecule has 1 aliphatic carbocycles. The van der Waals surface area contributed by atoms with Crippen molar-refractivity contribution in [2.45, 2.75) is 44.6 Å². The van der Waals surface area contributed by atoms with Gasteiger partial charge in [-0.3, -0.25) is 0 Å². The van der Waals surface area contributed by atoms with Gasteiger partial charge in [0, 0.05) is 16.7 Å². The normalized spacial score (nSPS) is 17.1. The third-order valence-electron chi connectivity index (χ3n) is 3.19. The Labute approximate surface area is 109 Å². The smallest absolute Gasteiger partial charge is 0.0101 e. The van der Waals surface area contributed by atoms with E-state index in [1.807, 2.05) is 11.8 Å². The number of aryl methyl sites for hydroxylation is 2. The molecule has 0 saturated heterocycles. The van der Waals surface area contributed by atoms with Crippen molar-refractivity contribution >= 4 is 11.8 Å². The summed E-state index contributed by atoms with van der Waals surface area (Å²) in [5, 5.41) is 3.60. The predicted molar refractivity (Wildman–Crippen MR) is 76.8 cm³/mol. The summed E-state index contributed by atoms with van der Waals surface area (Å²) in [5.74, 6) is 1.96. The van der Waals surface area contributed by atoms with Gasteiger partial charge in [0.2, 0.25) is 0 Å². The van der Waals surface area contributed by atoms with Crippen molar-refractivity contribution in [3.05, 3.63) is 29.3 Å². The van der Waals surface area contributed by atoms with Crippen LogP contribution in [0.15, 0.2) is 23.1 Å². The highest BCUT2D eigenvalue weighted by atomic mass is 32.2. The van der Waals surface area contributed by atoms with Crippen LogP contribution in [-0.4, -0.2) is 18.3 Å². The van der Waals surface area contributed by atoms with Gasteiger partial charge in [-0.05, 0) is 50.8 Å².